The number of hydrogen-bond donors (Lipinski definition) is 1. The molecular weight excluding hydrogens is 264 g/mol. The molecule has 98 valence electrons. The molecule has 1 aliphatic heterocycles. The van der Waals surface area contributed by atoms with Crippen molar-refractivity contribution >= 4 is 34.2 Å². The van der Waals surface area contributed by atoms with Crippen LogP contribution in [0.15, 0.2) is 30.3 Å². The third-order valence-electron chi connectivity index (χ3n) is 3.14. The first-order valence-corrected chi connectivity index (χ1v) is 6.59. The van der Waals surface area contributed by atoms with Crippen molar-refractivity contribution in [2.75, 3.05) is 11.9 Å². The molecule has 1 saturated heterocycles. The van der Waals surface area contributed by atoms with Crippen molar-refractivity contribution in [1.29, 1.82) is 0 Å². The van der Waals surface area contributed by atoms with Crippen LogP contribution in [0.5, 0.6) is 0 Å². The Morgan fingerprint density at radius 1 is 1.42 bits per heavy atom. The number of amides is 1. The largest absolute Gasteiger partial charge is 0.368 e. The van der Waals surface area contributed by atoms with Gasteiger partial charge in [-0.3, -0.25) is 4.79 Å². The number of carbonyl (C=O) groups excluding carboxylic acids is 1. The first-order valence-electron chi connectivity index (χ1n) is 6.22. The number of benzene rings is 1. The Morgan fingerprint density at radius 2 is 2.26 bits per heavy atom. The molecule has 0 saturated carbocycles. The molecule has 1 atom stereocenters. The lowest BCUT2D eigenvalue weighted by Gasteiger charge is -2.11. The SMILES string of the molecule is O=C(Nc1cc(Cl)c2ccccc2n1)C1CCCO1. The number of anilines is 1. The van der Waals surface area contributed by atoms with E-state index >= 15 is 0 Å². The molecule has 3 rings (SSSR count). The van der Waals surface area contributed by atoms with Gasteiger partial charge in [0, 0.05) is 18.1 Å². The number of carbonyl (C=O) groups is 1. The van der Waals surface area contributed by atoms with E-state index in [9.17, 15) is 4.79 Å². The summed E-state index contributed by atoms with van der Waals surface area (Å²) in [5.41, 5.74) is 0.762. The molecule has 1 unspecified atom stereocenters. The number of ether oxygens (including phenoxy) is 1. The fourth-order valence-electron chi connectivity index (χ4n) is 2.19. The van der Waals surface area contributed by atoms with Crippen LogP contribution in [0.2, 0.25) is 5.02 Å². The second-order valence-corrected chi connectivity index (χ2v) is 4.90. The molecule has 2 aromatic rings. The number of hydrogen-bond acceptors (Lipinski definition) is 3. The second kappa shape index (κ2) is 5.15. The van der Waals surface area contributed by atoms with Crippen molar-refractivity contribution in [2.45, 2.75) is 18.9 Å². The van der Waals surface area contributed by atoms with Gasteiger partial charge in [0.05, 0.1) is 10.5 Å². The molecule has 0 radical (unpaired) electrons. The Hall–Kier alpha value is -1.65. The highest BCUT2D eigenvalue weighted by molar-refractivity contribution is 6.35. The molecule has 1 aromatic heterocycles. The van der Waals surface area contributed by atoms with Crippen LogP contribution in [-0.2, 0) is 9.53 Å². The van der Waals surface area contributed by atoms with Crippen LogP contribution in [0, 0.1) is 0 Å². The molecule has 2 heterocycles. The van der Waals surface area contributed by atoms with Crippen LogP contribution >= 0.6 is 11.6 Å². The molecule has 0 aliphatic carbocycles. The maximum absolute atomic E-state index is 11.9. The van der Waals surface area contributed by atoms with E-state index in [0.29, 0.717) is 17.4 Å². The van der Waals surface area contributed by atoms with E-state index in [0.717, 1.165) is 23.7 Å². The molecule has 1 N–H and O–H groups in total. The molecule has 1 fully saturated rings. The Labute approximate surface area is 115 Å². The van der Waals surface area contributed by atoms with Crippen molar-refractivity contribution in [3.8, 4) is 0 Å². The van der Waals surface area contributed by atoms with E-state index in [-0.39, 0.29) is 12.0 Å². The molecule has 0 bridgehead atoms. The number of aromatic nitrogens is 1. The summed E-state index contributed by atoms with van der Waals surface area (Å²) in [4.78, 5) is 16.3. The summed E-state index contributed by atoms with van der Waals surface area (Å²) in [5, 5.41) is 4.21. The van der Waals surface area contributed by atoms with Gasteiger partial charge in [-0.2, -0.15) is 0 Å². The van der Waals surface area contributed by atoms with Gasteiger partial charge in [0.15, 0.2) is 0 Å². The Bertz CT molecular complexity index is 624. The summed E-state index contributed by atoms with van der Waals surface area (Å²) in [6.07, 6.45) is 1.31. The normalized spacial score (nSPS) is 18.7. The lowest BCUT2D eigenvalue weighted by Crippen LogP contribution is -2.27. The lowest BCUT2D eigenvalue weighted by molar-refractivity contribution is -0.124. The topological polar surface area (TPSA) is 51.2 Å². The standard InChI is InChI=1S/C14H13ClN2O2/c15-10-8-13(16-11-5-2-1-4-9(10)11)17-14(18)12-6-3-7-19-12/h1-2,4-5,8,12H,3,6-7H2,(H,16,17,18). The Kier molecular flexibility index (Phi) is 3.36. The smallest absolute Gasteiger partial charge is 0.254 e. The Morgan fingerprint density at radius 3 is 3.05 bits per heavy atom. The van der Waals surface area contributed by atoms with Gasteiger partial charge in [-0.05, 0) is 18.9 Å². The van der Waals surface area contributed by atoms with Crippen LogP contribution < -0.4 is 5.32 Å². The summed E-state index contributed by atoms with van der Waals surface area (Å²) in [5.74, 6) is 0.306. The molecule has 5 heteroatoms. The van der Waals surface area contributed by atoms with Crippen molar-refractivity contribution in [2.24, 2.45) is 0 Å². The zero-order valence-electron chi connectivity index (χ0n) is 10.2. The fraction of sp³-hybridized carbons (Fsp3) is 0.286. The van der Waals surface area contributed by atoms with E-state index in [1.165, 1.54) is 0 Å². The number of nitrogens with one attached hydrogen (secondary N) is 1. The molecule has 19 heavy (non-hydrogen) atoms. The third-order valence-corrected chi connectivity index (χ3v) is 3.45. The van der Waals surface area contributed by atoms with Gasteiger partial charge in [0.25, 0.3) is 5.91 Å². The van der Waals surface area contributed by atoms with Crippen molar-refractivity contribution in [1.82, 2.24) is 4.98 Å². The van der Waals surface area contributed by atoms with Crippen molar-refractivity contribution < 1.29 is 9.53 Å². The van der Waals surface area contributed by atoms with Crippen LogP contribution in [0.3, 0.4) is 0 Å². The number of pyridine rings is 1. The van der Waals surface area contributed by atoms with Crippen LogP contribution in [0.4, 0.5) is 5.82 Å². The highest BCUT2D eigenvalue weighted by Crippen LogP contribution is 2.25. The molecule has 4 nitrogen and oxygen atoms in total. The lowest BCUT2D eigenvalue weighted by atomic mass is 10.2. The van der Waals surface area contributed by atoms with Crippen LogP contribution in [0.1, 0.15) is 12.8 Å². The summed E-state index contributed by atoms with van der Waals surface area (Å²) in [6, 6.07) is 9.22. The average molecular weight is 277 g/mol. The van der Waals surface area contributed by atoms with E-state index < -0.39 is 0 Å². The number of fused-ring (bicyclic) bond motifs is 1. The highest BCUT2D eigenvalue weighted by atomic mass is 35.5. The molecule has 0 spiro atoms. The van der Waals surface area contributed by atoms with E-state index in [4.69, 9.17) is 16.3 Å². The van der Waals surface area contributed by atoms with Gasteiger partial charge < -0.3 is 10.1 Å². The predicted molar refractivity (Wildman–Crippen MR) is 74.4 cm³/mol. The molecule has 1 aliphatic rings. The van der Waals surface area contributed by atoms with Gasteiger partial charge in [0.2, 0.25) is 0 Å². The van der Waals surface area contributed by atoms with Crippen molar-refractivity contribution in [3.05, 3.63) is 35.4 Å². The quantitative estimate of drug-likeness (QED) is 0.917. The first-order chi connectivity index (χ1) is 9.24. The molecular formula is C14H13ClN2O2. The number of para-hydroxylation sites is 1. The minimum Gasteiger partial charge on any atom is -0.368 e. The van der Waals surface area contributed by atoms with Gasteiger partial charge in [-0.1, -0.05) is 29.8 Å². The van der Waals surface area contributed by atoms with Crippen LogP contribution in [-0.4, -0.2) is 23.6 Å². The van der Waals surface area contributed by atoms with E-state index in [1.807, 2.05) is 24.3 Å². The van der Waals surface area contributed by atoms with E-state index in [1.54, 1.807) is 6.07 Å². The third kappa shape index (κ3) is 2.55. The van der Waals surface area contributed by atoms with E-state index in [2.05, 4.69) is 10.3 Å². The monoisotopic (exact) mass is 276 g/mol. The predicted octanol–water partition coefficient (Wildman–Crippen LogP) is 3.01. The van der Waals surface area contributed by atoms with Crippen molar-refractivity contribution in [3.63, 3.8) is 0 Å². The average Bonchev–Trinajstić information content (AvgIpc) is 2.93. The van der Waals surface area contributed by atoms with Gasteiger partial charge in [-0.25, -0.2) is 4.98 Å². The fourth-order valence-corrected chi connectivity index (χ4v) is 2.45. The molecule has 1 aromatic carbocycles. The number of nitrogens with zero attached hydrogens (tertiary/aromatic N) is 1. The first kappa shape index (κ1) is 12.4. The Balaban J connectivity index is 1.86. The number of rotatable bonds is 2. The summed E-state index contributed by atoms with van der Waals surface area (Å²) < 4.78 is 5.33. The zero-order chi connectivity index (χ0) is 13.2. The minimum absolute atomic E-state index is 0.156. The maximum Gasteiger partial charge on any atom is 0.254 e. The van der Waals surface area contributed by atoms with Gasteiger partial charge in [0.1, 0.15) is 11.9 Å². The zero-order valence-corrected chi connectivity index (χ0v) is 11.0. The van der Waals surface area contributed by atoms with Gasteiger partial charge in [-0.15, -0.1) is 0 Å². The summed E-state index contributed by atoms with van der Waals surface area (Å²) >= 11 is 6.18. The minimum atomic E-state index is -0.368. The second-order valence-electron chi connectivity index (χ2n) is 4.50. The maximum atomic E-state index is 11.9. The highest BCUT2D eigenvalue weighted by Gasteiger charge is 2.23. The van der Waals surface area contributed by atoms with Gasteiger partial charge >= 0.3 is 0 Å². The summed E-state index contributed by atoms with van der Waals surface area (Å²) in [7, 11) is 0. The van der Waals surface area contributed by atoms with Crippen LogP contribution in [0.25, 0.3) is 10.9 Å². The number of halogens is 1. The molecule has 1 amide bonds. The summed E-state index contributed by atoms with van der Waals surface area (Å²) in [6.45, 7) is 0.643.